The standard InChI is InChI=1S/C29H33F3N4O2/c30-29(31,32)23-4-1-3-20(17-23)6-7-27(38)36-15-10-22(11-16-36)26(37)19-35-13-8-21(9-14-35)25-18-34-28-24(25)5-2-12-33-28/h1-7,12,17-18,21-22,26,37H,8-11,13-16,19H2,(H,33,34)/b7-6+. The highest BCUT2D eigenvalue weighted by atomic mass is 19.4. The second-order valence-electron chi connectivity index (χ2n) is 10.4. The van der Waals surface area contributed by atoms with E-state index >= 15 is 0 Å². The zero-order valence-corrected chi connectivity index (χ0v) is 21.2. The summed E-state index contributed by atoms with van der Waals surface area (Å²) < 4.78 is 38.7. The third kappa shape index (κ3) is 6.10. The van der Waals surface area contributed by atoms with Crippen molar-refractivity contribution in [2.75, 3.05) is 32.7 Å². The number of amides is 1. The first-order valence-corrected chi connectivity index (χ1v) is 13.2. The normalized spacial score (nSPS) is 19.4. The average Bonchev–Trinajstić information content (AvgIpc) is 3.36. The van der Waals surface area contributed by atoms with E-state index in [-0.39, 0.29) is 11.8 Å². The van der Waals surface area contributed by atoms with Gasteiger partial charge in [-0.2, -0.15) is 13.2 Å². The van der Waals surface area contributed by atoms with Gasteiger partial charge >= 0.3 is 6.18 Å². The number of aromatic nitrogens is 2. The number of carbonyl (C=O) groups is 1. The van der Waals surface area contributed by atoms with Crippen molar-refractivity contribution in [2.24, 2.45) is 5.92 Å². The van der Waals surface area contributed by atoms with E-state index in [0.29, 0.717) is 44.0 Å². The zero-order valence-electron chi connectivity index (χ0n) is 21.2. The monoisotopic (exact) mass is 526 g/mol. The third-order valence-electron chi connectivity index (χ3n) is 7.98. The number of halogens is 3. The summed E-state index contributed by atoms with van der Waals surface area (Å²) in [6.07, 6.45) is 5.28. The second kappa shape index (κ2) is 11.3. The van der Waals surface area contributed by atoms with Gasteiger partial charge in [0.15, 0.2) is 0 Å². The fourth-order valence-electron chi connectivity index (χ4n) is 5.75. The summed E-state index contributed by atoms with van der Waals surface area (Å²) >= 11 is 0. The van der Waals surface area contributed by atoms with E-state index in [1.807, 2.05) is 6.07 Å². The van der Waals surface area contributed by atoms with Crippen LogP contribution in [0.3, 0.4) is 0 Å². The maximum absolute atomic E-state index is 12.9. The molecule has 2 fully saturated rings. The number of benzene rings is 1. The molecule has 202 valence electrons. The van der Waals surface area contributed by atoms with E-state index in [4.69, 9.17) is 0 Å². The van der Waals surface area contributed by atoms with Gasteiger partial charge in [-0.05, 0) is 92.1 Å². The number of pyridine rings is 1. The van der Waals surface area contributed by atoms with Crippen LogP contribution in [0.25, 0.3) is 17.1 Å². The molecule has 2 N–H and O–H groups in total. The average molecular weight is 527 g/mol. The number of aliphatic hydroxyl groups is 1. The lowest BCUT2D eigenvalue weighted by Crippen LogP contribution is -2.45. The van der Waals surface area contributed by atoms with Gasteiger partial charge in [-0.25, -0.2) is 4.98 Å². The number of carbonyl (C=O) groups excluding carboxylic acids is 1. The molecule has 9 heteroatoms. The van der Waals surface area contributed by atoms with Crippen LogP contribution in [0.1, 0.15) is 48.3 Å². The molecule has 38 heavy (non-hydrogen) atoms. The second-order valence-corrected chi connectivity index (χ2v) is 10.4. The highest BCUT2D eigenvalue weighted by Crippen LogP contribution is 2.33. The number of nitrogens with one attached hydrogen (secondary N) is 1. The van der Waals surface area contributed by atoms with Gasteiger partial charge in [0.2, 0.25) is 5.91 Å². The van der Waals surface area contributed by atoms with Gasteiger partial charge in [0.25, 0.3) is 0 Å². The summed E-state index contributed by atoms with van der Waals surface area (Å²) in [5, 5.41) is 12.1. The van der Waals surface area contributed by atoms with Gasteiger partial charge in [-0.1, -0.05) is 12.1 Å². The van der Waals surface area contributed by atoms with Crippen LogP contribution in [0.5, 0.6) is 0 Å². The molecule has 2 aliphatic rings. The number of aromatic amines is 1. The minimum absolute atomic E-state index is 0.129. The Morgan fingerprint density at radius 3 is 2.61 bits per heavy atom. The number of hydrogen-bond donors (Lipinski definition) is 2. The number of hydrogen-bond acceptors (Lipinski definition) is 4. The molecule has 0 radical (unpaired) electrons. The molecule has 1 unspecified atom stereocenters. The van der Waals surface area contributed by atoms with Crippen LogP contribution in [0.4, 0.5) is 13.2 Å². The Morgan fingerprint density at radius 1 is 1.11 bits per heavy atom. The fourth-order valence-corrected chi connectivity index (χ4v) is 5.75. The number of β-amino-alcohol motifs (C(OH)–C–C–N with tert-alkyl or cyclic N) is 1. The summed E-state index contributed by atoms with van der Waals surface area (Å²) in [5.74, 6) is 0.397. The van der Waals surface area contributed by atoms with E-state index in [1.165, 1.54) is 29.2 Å². The molecule has 2 saturated heterocycles. The molecule has 1 aromatic carbocycles. The number of fused-ring (bicyclic) bond motifs is 1. The van der Waals surface area contributed by atoms with E-state index in [2.05, 4.69) is 27.1 Å². The molecule has 1 amide bonds. The Labute approximate surface area is 220 Å². The van der Waals surface area contributed by atoms with Crippen molar-refractivity contribution in [3.8, 4) is 0 Å². The minimum Gasteiger partial charge on any atom is -0.392 e. The molecule has 5 rings (SSSR count). The van der Waals surface area contributed by atoms with E-state index in [1.54, 1.807) is 17.2 Å². The Morgan fingerprint density at radius 2 is 1.87 bits per heavy atom. The lowest BCUT2D eigenvalue weighted by atomic mass is 9.88. The Balaban J connectivity index is 1.07. The lowest BCUT2D eigenvalue weighted by Gasteiger charge is -2.37. The number of nitrogens with zero attached hydrogens (tertiary/aromatic N) is 3. The lowest BCUT2D eigenvalue weighted by molar-refractivity contribution is -0.137. The Hall–Kier alpha value is -3.17. The molecule has 0 spiro atoms. The van der Waals surface area contributed by atoms with E-state index < -0.39 is 17.8 Å². The van der Waals surface area contributed by atoms with Crippen molar-refractivity contribution in [1.29, 1.82) is 0 Å². The smallest absolute Gasteiger partial charge is 0.392 e. The topological polar surface area (TPSA) is 72.5 Å². The molecule has 6 nitrogen and oxygen atoms in total. The number of aliphatic hydroxyl groups excluding tert-OH is 1. The van der Waals surface area contributed by atoms with E-state index in [0.717, 1.165) is 43.7 Å². The summed E-state index contributed by atoms with van der Waals surface area (Å²) in [6, 6.07) is 9.01. The molecule has 1 atom stereocenters. The van der Waals surface area contributed by atoms with Gasteiger partial charge < -0.3 is 19.9 Å². The Kier molecular flexibility index (Phi) is 7.85. The molecule has 2 aromatic heterocycles. The first-order valence-electron chi connectivity index (χ1n) is 13.2. The fraction of sp³-hybridized carbons (Fsp3) is 0.448. The van der Waals surface area contributed by atoms with Gasteiger partial charge in [0.1, 0.15) is 5.65 Å². The largest absolute Gasteiger partial charge is 0.416 e. The molecule has 4 heterocycles. The predicted molar refractivity (Wildman–Crippen MR) is 140 cm³/mol. The number of alkyl halides is 3. The molecular weight excluding hydrogens is 493 g/mol. The minimum atomic E-state index is -4.42. The van der Waals surface area contributed by atoms with Crippen LogP contribution in [0, 0.1) is 5.92 Å². The van der Waals surface area contributed by atoms with Crippen LogP contribution < -0.4 is 0 Å². The van der Waals surface area contributed by atoms with Crippen LogP contribution in [0.2, 0.25) is 0 Å². The molecule has 3 aromatic rings. The van der Waals surface area contributed by atoms with E-state index in [9.17, 15) is 23.1 Å². The van der Waals surface area contributed by atoms with Crippen LogP contribution in [0.15, 0.2) is 54.9 Å². The highest BCUT2D eigenvalue weighted by molar-refractivity contribution is 5.91. The van der Waals surface area contributed by atoms with Crippen LogP contribution in [-0.2, 0) is 11.0 Å². The van der Waals surface area contributed by atoms with Gasteiger partial charge in [0, 0.05) is 43.5 Å². The number of piperidine rings is 2. The quantitative estimate of drug-likeness (QED) is 0.440. The van der Waals surface area contributed by atoms with Crippen molar-refractivity contribution in [3.63, 3.8) is 0 Å². The maximum Gasteiger partial charge on any atom is 0.416 e. The Bertz CT molecular complexity index is 1270. The van der Waals surface area contributed by atoms with Crippen LogP contribution >= 0.6 is 0 Å². The molecule has 0 saturated carbocycles. The number of H-pyrrole nitrogens is 1. The van der Waals surface area contributed by atoms with Gasteiger partial charge in [0.05, 0.1) is 11.7 Å². The van der Waals surface area contributed by atoms with Crippen molar-refractivity contribution >= 4 is 23.0 Å². The predicted octanol–water partition coefficient (Wildman–Crippen LogP) is 5.07. The maximum atomic E-state index is 12.9. The summed E-state index contributed by atoms with van der Waals surface area (Å²) in [7, 11) is 0. The molecule has 0 aliphatic carbocycles. The van der Waals surface area contributed by atoms with Crippen LogP contribution in [-0.4, -0.2) is 69.6 Å². The first kappa shape index (κ1) is 26.4. The summed E-state index contributed by atoms with van der Waals surface area (Å²) in [5.41, 5.74) is 1.86. The molecule has 0 bridgehead atoms. The number of likely N-dealkylation sites (tertiary alicyclic amines) is 2. The molecular formula is C29H33F3N4O2. The highest BCUT2D eigenvalue weighted by Gasteiger charge is 2.31. The van der Waals surface area contributed by atoms with Crippen molar-refractivity contribution in [1.82, 2.24) is 19.8 Å². The van der Waals surface area contributed by atoms with Crippen molar-refractivity contribution in [3.05, 3.63) is 71.6 Å². The number of rotatable bonds is 6. The van der Waals surface area contributed by atoms with Gasteiger partial charge in [-0.15, -0.1) is 0 Å². The van der Waals surface area contributed by atoms with Crippen molar-refractivity contribution in [2.45, 2.75) is 43.9 Å². The third-order valence-corrected chi connectivity index (χ3v) is 7.98. The van der Waals surface area contributed by atoms with Crippen molar-refractivity contribution < 1.29 is 23.1 Å². The van der Waals surface area contributed by atoms with Gasteiger partial charge in [-0.3, -0.25) is 4.79 Å². The zero-order chi connectivity index (χ0) is 26.7. The first-order chi connectivity index (χ1) is 18.3. The SMILES string of the molecule is O=C(/C=C/c1cccc(C(F)(F)F)c1)N1CCC(C(O)CN2CCC(c3c[nH]c4ncccc34)CC2)CC1. The summed E-state index contributed by atoms with van der Waals surface area (Å²) in [6.45, 7) is 3.57. The molecule has 2 aliphatic heterocycles. The summed E-state index contributed by atoms with van der Waals surface area (Å²) in [4.78, 5) is 24.3.